The third-order valence-corrected chi connectivity index (χ3v) is 16.7. The number of amides is 4. The van der Waals surface area contributed by atoms with E-state index >= 15 is 0 Å². The molecule has 4 aromatic rings. The average molecular weight is 1010 g/mol. The number of fused-ring (bicyclic) bond motifs is 5. The van der Waals surface area contributed by atoms with Crippen LogP contribution in [0.3, 0.4) is 0 Å². The van der Waals surface area contributed by atoms with E-state index in [1.54, 1.807) is 64.4 Å². The van der Waals surface area contributed by atoms with Gasteiger partial charge in [-0.3, -0.25) is 29.0 Å². The topological polar surface area (TPSA) is 172 Å². The molecule has 378 valence electrons. The molecule has 18 heteroatoms. The van der Waals surface area contributed by atoms with Crippen LogP contribution in [-0.4, -0.2) is 123 Å². The van der Waals surface area contributed by atoms with E-state index in [-0.39, 0.29) is 62.4 Å². The fourth-order valence-corrected chi connectivity index (χ4v) is 10.6. The van der Waals surface area contributed by atoms with Gasteiger partial charge in [-0.05, 0) is 70.7 Å². The Kier molecular flexibility index (Phi) is 15.2. The first-order valence-electron chi connectivity index (χ1n) is 24.2. The summed E-state index contributed by atoms with van der Waals surface area (Å²) in [5.41, 5.74) is 11.5. The van der Waals surface area contributed by atoms with Crippen LogP contribution in [0.1, 0.15) is 50.2 Å². The maximum Gasteiger partial charge on any atom is 0.260 e. The fourth-order valence-electron chi connectivity index (χ4n) is 9.12. The van der Waals surface area contributed by atoms with Crippen LogP contribution >= 0.6 is 0 Å². The van der Waals surface area contributed by atoms with E-state index in [1.165, 1.54) is 19.1 Å². The van der Waals surface area contributed by atoms with Crippen LogP contribution in [0.15, 0.2) is 72.9 Å². The standard InChI is InChI=1S/C53H67N5O11Si2/c1-63-39-16-13-35-24-44-52(61)57(32-66-19-21-70(4,5)6)42-28-48(46(64-2)26-40(42)50(59)55(44)30-36(35)23-39)68-17-10-18-69-49-29-43-41(27-47(49)65-3)51(60)56-31-37(34-11-14-38(54)15-12-34)25-45(56)53(62)58(43)33-67-20-22-71(7,8)9/h11-16,23,26-29,31,44-45H,10,17-22,24-25,30,32-33,54H2,1-9H3/t44-,45-/m0/s1. The minimum atomic E-state index is -1.44. The van der Waals surface area contributed by atoms with Gasteiger partial charge in [-0.2, -0.15) is 0 Å². The highest BCUT2D eigenvalue weighted by Gasteiger charge is 2.45. The van der Waals surface area contributed by atoms with Crippen LogP contribution in [0.4, 0.5) is 17.1 Å². The van der Waals surface area contributed by atoms with Crippen molar-refractivity contribution in [2.75, 3.05) is 76.8 Å². The van der Waals surface area contributed by atoms with Gasteiger partial charge in [-0.1, -0.05) is 57.5 Å². The molecule has 71 heavy (non-hydrogen) atoms. The van der Waals surface area contributed by atoms with Crippen LogP contribution < -0.4 is 39.2 Å². The molecule has 0 saturated carbocycles. The first-order valence-corrected chi connectivity index (χ1v) is 31.6. The van der Waals surface area contributed by atoms with E-state index < -0.39 is 28.2 Å². The Bertz CT molecular complexity index is 2700. The molecule has 0 saturated heterocycles. The van der Waals surface area contributed by atoms with Crippen molar-refractivity contribution in [2.24, 2.45) is 0 Å². The molecule has 4 aliphatic heterocycles. The Morgan fingerprint density at radius 1 is 0.592 bits per heavy atom. The molecule has 0 aromatic heterocycles. The van der Waals surface area contributed by atoms with Crippen molar-refractivity contribution < 1.29 is 52.3 Å². The van der Waals surface area contributed by atoms with Crippen molar-refractivity contribution in [3.05, 3.63) is 101 Å². The third kappa shape index (κ3) is 11.3. The molecule has 0 radical (unpaired) electrons. The van der Waals surface area contributed by atoms with Gasteiger partial charge in [-0.25, -0.2) is 0 Å². The van der Waals surface area contributed by atoms with Crippen molar-refractivity contribution in [3.8, 4) is 28.7 Å². The molecule has 0 aliphatic carbocycles. The number of hydrogen-bond acceptors (Lipinski definition) is 12. The van der Waals surface area contributed by atoms with Gasteiger partial charge in [0.2, 0.25) is 0 Å². The summed E-state index contributed by atoms with van der Waals surface area (Å²) in [6.45, 7) is 15.0. The zero-order valence-corrected chi connectivity index (χ0v) is 44.4. The number of ether oxygens (including phenoxy) is 7. The summed E-state index contributed by atoms with van der Waals surface area (Å²) >= 11 is 0. The van der Waals surface area contributed by atoms with E-state index in [0.717, 1.165) is 34.4 Å². The molecule has 4 aliphatic rings. The minimum absolute atomic E-state index is 0.0368. The van der Waals surface area contributed by atoms with Crippen molar-refractivity contribution >= 4 is 62.4 Å². The number of nitrogen functional groups attached to an aromatic ring is 1. The van der Waals surface area contributed by atoms with Crippen LogP contribution in [0.2, 0.25) is 51.4 Å². The summed E-state index contributed by atoms with van der Waals surface area (Å²) in [6.07, 6.45) is 2.81. The Morgan fingerprint density at radius 2 is 1.14 bits per heavy atom. The zero-order chi connectivity index (χ0) is 50.8. The smallest absolute Gasteiger partial charge is 0.260 e. The van der Waals surface area contributed by atoms with E-state index in [1.807, 2.05) is 30.3 Å². The molecule has 4 aromatic carbocycles. The van der Waals surface area contributed by atoms with Gasteiger partial charge < -0.3 is 48.7 Å². The number of anilines is 3. The number of methoxy groups -OCH3 is 3. The number of hydrogen-bond donors (Lipinski definition) is 1. The summed E-state index contributed by atoms with van der Waals surface area (Å²) in [5.74, 6) is 0.832. The molecule has 0 bridgehead atoms. The molecule has 2 atom stereocenters. The predicted molar refractivity (Wildman–Crippen MR) is 278 cm³/mol. The number of carbonyl (C=O) groups excluding carboxylic acids is 4. The van der Waals surface area contributed by atoms with Gasteiger partial charge in [0, 0.05) is 79.2 Å². The first kappa shape index (κ1) is 51.0. The predicted octanol–water partition coefficient (Wildman–Crippen LogP) is 8.28. The summed E-state index contributed by atoms with van der Waals surface area (Å²) in [5, 5.41) is 0. The van der Waals surface area contributed by atoms with E-state index in [0.29, 0.717) is 83.8 Å². The molecule has 4 heterocycles. The SMILES string of the molecule is COc1ccc2c(c1)CN1C(=O)c3cc(OC)c(OCCCOc4cc5c(cc4OC)C(=O)N4C=C(c6ccc(N)cc6)C[C@H]4C(=O)N5COCC[Si](C)(C)C)cc3N(COCC[Si](C)(C)C)C(=O)[C@@H]1C2. The number of carbonyl (C=O) groups is 4. The lowest BCUT2D eigenvalue weighted by molar-refractivity contribution is -0.124. The summed E-state index contributed by atoms with van der Waals surface area (Å²) in [7, 11) is 1.73. The molecule has 0 spiro atoms. The molecule has 2 N–H and O–H groups in total. The molecule has 0 fully saturated rings. The summed E-state index contributed by atoms with van der Waals surface area (Å²) < 4.78 is 42.2. The Labute approximate surface area is 418 Å². The number of nitrogens with two attached hydrogens (primary N) is 1. The second-order valence-corrected chi connectivity index (χ2v) is 32.1. The molecule has 4 amide bonds. The molecule has 0 unspecified atom stereocenters. The van der Waals surface area contributed by atoms with Crippen LogP contribution in [-0.2, 0) is 32.0 Å². The van der Waals surface area contributed by atoms with Gasteiger partial charge in [0.15, 0.2) is 23.0 Å². The normalized spacial score (nSPS) is 17.7. The Balaban J connectivity index is 1.02. The summed E-state index contributed by atoms with van der Waals surface area (Å²) in [6, 6.07) is 20.0. The van der Waals surface area contributed by atoms with Crippen LogP contribution in [0.25, 0.3) is 5.57 Å². The molecular formula is C53H67N5O11Si2. The van der Waals surface area contributed by atoms with Gasteiger partial charge in [0.05, 0.1) is 57.0 Å². The first-order chi connectivity index (χ1) is 33.9. The number of nitrogens with zero attached hydrogens (tertiary/aromatic N) is 4. The van der Waals surface area contributed by atoms with Gasteiger partial charge in [0.25, 0.3) is 23.6 Å². The third-order valence-electron chi connectivity index (χ3n) is 13.3. The van der Waals surface area contributed by atoms with E-state index in [9.17, 15) is 19.2 Å². The number of rotatable bonds is 20. The van der Waals surface area contributed by atoms with Crippen molar-refractivity contribution in [1.82, 2.24) is 9.80 Å². The zero-order valence-electron chi connectivity index (χ0n) is 42.4. The van der Waals surface area contributed by atoms with E-state index in [2.05, 4.69) is 39.3 Å². The maximum atomic E-state index is 14.6. The fraction of sp³-hybridized carbons (Fsp3) is 0.434. The van der Waals surface area contributed by atoms with Gasteiger partial charge in [0.1, 0.15) is 31.3 Å². The Hall–Kier alpha value is -6.35. The highest BCUT2D eigenvalue weighted by molar-refractivity contribution is 6.76. The monoisotopic (exact) mass is 1010 g/mol. The lowest BCUT2D eigenvalue weighted by Crippen LogP contribution is -2.51. The highest BCUT2D eigenvalue weighted by Crippen LogP contribution is 2.44. The minimum Gasteiger partial charge on any atom is -0.497 e. The molecule has 8 rings (SSSR count). The van der Waals surface area contributed by atoms with Crippen LogP contribution in [0.5, 0.6) is 28.7 Å². The van der Waals surface area contributed by atoms with Crippen molar-refractivity contribution in [1.29, 1.82) is 0 Å². The molecule has 16 nitrogen and oxygen atoms in total. The van der Waals surface area contributed by atoms with E-state index in [4.69, 9.17) is 38.9 Å². The highest BCUT2D eigenvalue weighted by atomic mass is 28.3. The maximum absolute atomic E-state index is 14.6. The second kappa shape index (κ2) is 21.2. The van der Waals surface area contributed by atoms with Crippen molar-refractivity contribution in [2.45, 2.75) is 89.3 Å². The number of benzene rings is 4. The van der Waals surface area contributed by atoms with Gasteiger partial charge >= 0.3 is 0 Å². The lowest BCUT2D eigenvalue weighted by atomic mass is 9.93. The Morgan fingerprint density at radius 3 is 1.68 bits per heavy atom. The summed E-state index contributed by atoms with van der Waals surface area (Å²) in [4.78, 5) is 64.4. The average Bonchev–Trinajstić information content (AvgIpc) is 3.74. The second-order valence-electron chi connectivity index (χ2n) is 20.8. The van der Waals surface area contributed by atoms with Crippen LogP contribution in [0, 0.1) is 0 Å². The quantitative estimate of drug-likeness (QED) is 0.0511. The lowest BCUT2D eigenvalue weighted by Gasteiger charge is -2.35. The van der Waals surface area contributed by atoms with Crippen molar-refractivity contribution in [3.63, 3.8) is 0 Å². The van der Waals surface area contributed by atoms with Gasteiger partial charge in [-0.15, -0.1) is 0 Å². The molecular weight excluding hydrogens is 939 g/mol. The largest absolute Gasteiger partial charge is 0.497 e.